The third kappa shape index (κ3) is 20.9. The Kier molecular flexibility index (Phi) is 23.1. The molecular formula is C40H58BrClN3NaO7. The number of carbonyl (C=O) groups is 2. The number of alkyl halides is 1. The van der Waals surface area contributed by atoms with Gasteiger partial charge in [0.2, 0.25) is 0 Å². The molecule has 3 aliphatic rings. The predicted octanol–water partition coefficient (Wildman–Crippen LogP) is 4.72. The largest absolute Gasteiger partial charge is 1.00 e. The van der Waals surface area contributed by atoms with Gasteiger partial charge in [0.05, 0.1) is 57.7 Å². The first kappa shape index (κ1) is 48.8. The van der Waals surface area contributed by atoms with Gasteiger partial charge >= 0.3 is 41.7 Å². The van der Waals surface area contributed by atoms with E-state index in [1.165, 1.54) is 16.0 Å². The van der Waals surface area contributed by atoms with E-state index in [1.54, 1.807) is 4.90 Å². The molecule has 3 aliphatic heterocycles. The molecule has 3 aromatic carbocycles. The van der Waals surface area contributed by atoms with Gasteiger partial charge in [-0.15, -0.1) is 12.4 Å². The molecule has 0 aromatic heterocycles. The number of ether oxygens (including phenoxy) is 4. The van der Waals surface area contributed by atoms with Crippen molar-refractivity contribution in [3.8, 4) is 0 Å². The summed E-state index contributed by atoms with van der Waals surface area (Å²) < 4.78 is 21.7. The Labute approximate surface area is 354 Å². The minimum absolute atomic E-state index is 0. The maximum absolute atomic E-state index is 11.7. The van der Waals surface area contributed by atoms with Gasteiger partial charge in [-0.1, -0.05) is 107 Å². The van der Waals surface area contributed by atoms with Crippen molar-refractivity contribution in [2.45, 2.75) is 89.6 Å². The summed E-state index contributed by atoms with van der Waals surface area (Å²) in [5.41, 5.74) is 2.85. The van der Waals surface area contributed by atoms with Crippen LogP contribution in [-0.2, 0) is 37.5 Å². The van der Waals surface area contributed by atoms with Crippen LogP contribution in [0, 0.1) is 0 Å². The molecule has 3 saturated heterocycles. The Hall–Kier alpha value is -2.19. The van der Waals surface area contributed by atoms with Crippen molar-refractivity contribution in [2.24, 2.45) is 0 Å². The number of aliphatic hydroxyl groups excluding tert-OH is 1. The second-order valence-corrected chi connectivity index (χ2v) is 15.1. The van der Waals surface area contributed by atoms with E-state index in [0.717, 1.165) is 30.6 Å². The van der Waals surface area contributed by atoms with E-state index >= 15 is 0 Å². The minimum atomic E-state index is -0.447. The molecule has 0 unspecified atom stereocenters. The maximum Gasteiger partial charge on any atom is 1.00 e. The van der Waals surface area contributed by atoms with Gasteiger partial charge in [0.25, 0.3) is 0 Å². The summed E-state index contributed by atoms with van der Waals surface area (Å²) >= 11 is 3.36. The summed E-state index contributed by atoms with van der Waals surface area (Å²) in [7, 11) is 0. The first-order chi connectivity index (χ1) is 24.2. The van der Waals surface area contributed by atoms with Gasteiger partial charge in [0.1, 0.15) is 11.2 Å². The molecule has 0 atom stereocenters. The Balaban J connectivity index is 0.000000711. The molecule has 2 N–H and O–H groups in total. The maximum atomic E-state index is 11.7. The molecule has 13 heteroatoms. The molecule has 10 nitrogen and oxygen atoms in total. The molecule has 53 heavy (non-hydrogen) atoms. The van der Waals surface area contributed by atoms with Crippen LogP contribution in [-0.4, -0.2) is 95.9 Å². The molecule has 3 aromatic rings. The van der Waals surface area contributed by atoms with E-state index in [0.29, 0.717) is 38.9 Å². The van der Waals surface area contributed by atoms with Gasteiger partial charge < -0.3 is 40.6 Å². The predicted molar refractivity (Wildman–Crippen MR) is 212 cm³/mol. The minimum Gasteiger partial charge on any atom is -1.00 e. The summed E-state index contributed by atoms with van der Waals surface area (Å²) in [5, 5.41) is 13.0. The molecule has 0 aliphatic carbocycles. The first-order valence-corrected chi connectivity index (χ1v) is 18.6. The number of nitrogens with zero attached hydrogens (tertiary/aromatic N) is 2. The quantitative estimate of drug-likeness (QED) is 0.261. The second kappa shape index (κ2) is 25.1. The van der Waals surface area contributed by atoms with Gasteiger partial charge in [-0.3, -0.25) is 0 Å². The number of hydrogen-bond donors (Lipinski definition) is 2. The number of hydrogen-bond acceptors (Lipinski definition) is 8. The molecule has 0 spiro atoms. The zero-order valence-electron chi connectivity index (χ0n) is 33.3. The normalized spacial score (nSPS) is 15.3. The molecule has 6 rings (SSSR count). The number of β-amino-alcohol motifs (C(OH)–C–C–N with tert-alkyl or cyclic N) is 1. The van der Waals surface area contributed by atoms with Crippen LogP contribution in [0.2, 0.25) is 0 Å². The number of benzene rings is 3. The van der Waals surface area contributed by atoms with Crippen molar-refractivity contribution >= 4 is 40.5 Å². The van der Waals surface area contributed by atoms with Crippen LogP contribution < -0.4 is 34.9 Å². The van der Waals surface area contributed by atoms with E-state index < -0.39 is 11.2 Å². The van der Waals surface area contributed by atoms with Crippen LogP contribution in [0.3, 0.4) is 0 Å². The molecule has 3 fully saturated rings. The van der Waals surface area contributed by atoms with E-state index in [4.69, 9.17) is 24.1 Å². The SMILES string of the molecule is BrCc1ccccc1.CC(C)(C)OC(=O)N1CC(O)C1.CC(C)(C)OC(=O)N1CC(OCc2ccccc2)C1.Cl.[H-].[Na+].c1ccc(COC2CNC2)cc1. The van der Waals surface area contributed by atoms with Crippen molar-refractivity contribution < 1.29 is 64.6 Å². The van der Waals surface area contributed by atoms with Gasteiger partial charge in [-0.05, 0) is 58.2 Å². The summed E-state index contributed by atoms with van der Waals surface area (Å²) in [6, 6.07) is 30.6. The van der Waals surface area contributed by atoms with Gasteiger partial charge in [0.15, 0.2) is 0 Å². The van der Waals surface area contributed by atoms with Crippen LogP contribution in [0.4, 0.5) is 9.59 Å². The fraction of sp³-hybridized carbons (Fsp3) is 0.500. The van der Waals surface area contributed by atoms with Gasteiger partial charge in [-0.25, -0.2) is 9.59 Å². The van der Waals surface area contributed by atoms with Crippen LogP contribution in [0.1, 0.15) is 59.7 Å². The van der Waals surface area contributed by atoms with Gasteiger partial charge in [0, 0.05) is 18.4 Å². The van der Waals surface area contributed by atoms with Crippen molar-refractivity contribution in [1.82, 2.24) is 15.1 Å². The molecule has 0 bridgehead atoms. The van der Waals surface area contributed by atoms with Crippen LogP contribution in [0.25, 0.3) is 0 Å². The fourth-order valence-corrected chi connectivity index (χ4v) is 4.85. The molecule has 3 heterocycles. The first-order valence-electron chi connectivity index (χ1n) is 17.5. The number of carbonyl (C=O) groups excluding carboxylic acids is 2. The van der Waals surface area contributed by atoms with Crippen molar-refractivity contribution in [2.75, 3.05) is 39.3 Å². The Bertz CT molecular complexity index is 1420. The Morgan fingerprint density at radius 1 is 0.679 bits per heavy atom. The Morgan fingerprint density at radius 2 is 1.04 bits per heavy atom. The average Bonchev–Trinajstić information content (AvgIpc) is 3.02. The van der Waals surface area contributed by atoms with E-state index in [9.17, 15) is 9.59 Å². The topological polar surface area (TPSA) is 110 Å². The van der Waals surface area contributed by atoms with Gasteiger partial charge in [-0.2, -0.15) is 0 Å². The third-order valence-electron chi connectivity index (χ3n) is 7.41. The third-order valence-corrected chi connectivity index (χ3v) is 8.06. The molecular weight excluding hydrogens is 773 g/mol. The summed E-state index contributed by atoms with van der Waals surface area (Å²) in [5.74, 6) is 0. The van der Waals surface area contributed by atoms with Crippen molar-refractivity contribution in [3.05, 3.63) is 108 Å². The van der Waals surface area contributed by atoms with Crippen molar-refractivity contribution in [1.29, 1.82) is 0 Å². The number of amides is 2. The van der Waals surface area contributed by atoms with Crippen LogP contribution in [0.5, 0.6) is 0 Å². The standard InChI is InChI=1S/C15H21NO3.C10H13NO.C8H15NO3.C7H7Br.ClH.Na.H/c1-15(2,3)19-14(17)16-9-13(10-16)18-11-12-7-5-4-6-8-12;1-2-4-9(5-3-1)8-12-10-6-11-7-10;1-8(2,3)12-7(11)9-4-6(10)5-9;8-6-7-4-2-1-3-5-7;;;/h4-8,13H,9-11H2,1-3H3;1-5,10-11H,6-8H2;6,10H,4-5H2,1-3H3;1-5H,6H2;1H;;/q;;;;;+1;-1. The van der Waals surface area contributed by atoms with E-state index in [-0.39, 0.29) is 67.8 Å². The fourth-order valence-electron chi connectivity index (χ4n) is 4.47. The number of likely N-dealkylation sites (tertiary alicyclic amines) is 2. The van der Waals surface area contributed by atoms with Crippen molar-refractivity contribution in [3.63, 3.8) is 0 Å². The molecule has 2 amide bonds. The monoisotopic (exact) mass is 829 g/mol. The number of rotatable bonds is 7. The molecule has 290 valence electrons. The summed E-state index contributed by atoms with van der Waals surface area (Å²) in [4.78, 5) is 26.0. The number of aliphatic hydroxyl groups is 1. The molecule has 0 radical (unpaired) electrons. The van der Waals surface area contributed by atoms with E-state index in [1.807, 2.05) is 108 Å². The smallest absolute Gasteiger partial charge is 1.00 e. The molecule has 0 saturated carbocycles. The van der Waals surface area contributed by atoms with Crippen LogP contribution in [0.15, 0.2) is 91.0 Å². The number of nitrogens with one attached hydrogen (secondary N) is 1. The zero-order valence-corrected chi connectivity index (χ0v) is 36.7. The summed E-state index contributed by atoms with van der Waals surface area (Å²) in [6.45, 7) is 16.4. The Morgan fingerprint density at radius 3 is 1.34 bits per heavy atom. The second-order valence-electron chi connectivity index (χ2n) is 14.5. The zero-order chi connectivity index (χ0) is 37.3. The average molecular weight is 831 g/mol. The van der Waals surface area contributed by atoms with Crippen LogP contribution >= 0.6 is 28.3 Å². The van der Waals surface area contributed by atoms with E-state index in [2.05, 4.69) is 45.5 Å². The summed E-state index contributed by atoms with van der Waals surface area (Å²) in [6.07, 6.45) is -0.407. The number of halogens is 2.